The molecule has 1 nitrogen and oxygen atoms in total. The summed E-state index contributed by atoms with van der Waals surface area (Å²) < 4.78 is 0. The summed E-state index contributed by atoms with van der Waals surface area (Å²) in [6, 6.07) is 7.84. The highest BCUT2D eigenvalue weighted by atomic mass is 16.3. The largest absolute Gasteiger partial charge is 0.393 e. The number of aliphatic hydroxyl groups excluding tert-OH is 1. The lowest BCUT2D eigenvalue weighted by Gasteiger charge is -2.05. The summed E-state index contributed by atoms with van der Waals surface area (Å²) in [6.45, 7) is 1.79. The van der Waals surface area contributed by atoms with Gasteiger partial charge in [-0.2, -0.15) is 0 Å². The Morgan fingerprint density at radius 1 is 1.46 bits per heavy atom. The van der Waals surface area contributed by atoms with E-state index in [1.807, 2.05) is 24.3 Å². The summed E-state index contributed by atoms with van der Waals surface area (Å²) in [7, 11) is 0. The van der Waals surface area contributed by atoms with Crippen molar-refractivity contribution in [2.75, 3.05) is 0 Å². The maximum absolute atomic E-state index is 9.13. The van der Waals surface area contributed by atoms with E-state index in [0.29, 0.717) is 0 Å². The third kappa shape index (κ3) is 2.93. The molecule has 1 rings (SSSR count). The molecule has 0 aliphatic heterocycles. The molecule has 0 bridgehead atoms. The molecule has 1 atom stereocenters. The van der Waals surface area contributed by atoms with Gasteiger partial charge >= 0.3 is 0 Å². The summed E-state index contributed by atoms with van der Waals surface area (Å²) in [5.41, 5.74) is 2.08. The second-order valence-corrected chi connectivity index (χ2v) is 3.19. The van der Waals surface area contributed by atoms with Gasteiger partial charge in [-0.1, -0.05) is 24.1 Å². The van der Waals surface area contributed by atoms with E-state index in [4.69, 9.17) is 11.5 Å². The molecule has 1 heteroatoms. The van der Waals surface area contributed by atoms with E-state index < -0.39 is 0 Å². The van der Waals surface area contributed by atoms with Gasteiger partial charge in [-0.15, -0.1) is 6.42 Å². The molecule has 0 amide bonds. The van der Waals surface area contributed by atoms with Crippen molar-refractivity contribution in [2.45, 2.75) is 25.9 Å². The van der Waals surface area contributed by atoms with E-state index in [9.17, 15) is 0 Å². The number of terminal acetylenes is 1. The highest BCUT2D eigenvalue weighted by molar-refractivity contribution is 5.39. The highest BCUT2D eigenvalue weighted by Gasteiger charge is 2.01. The zero-order valence-electron chi connectivity index (χ0n) is 7.83. The summed E-state index contributed by atoms with van der Waals surface area (Å²) in [5, 5.41) is 9.13. The smallest absolute Gasteiger partial charge is 0.0515 e. The number of aliphatic hydroxyl groups is 1. The number of rotatable bonds is 3. The molecular weight excluding hydrogens is 160 g/mol. The van der Waals surface area contributed by atoms with Gasteiger partial charge in [0.1, 0.15) is 0 Å². The van der Waals surface area contributed by atoms with Crippen LogP contribution in [0.25, 0.3) is 0 Å². The van der Waals surface area contributed by atoms with Crippen LogP contribution in [0.2, 0.25) is 0 Å². The quantitative estimate of drug-likeness (QED) is 0.695. The van der Waals surface area contributed by atoms with Gasteiger partial charge in [0, 0.05) is 5.56 Å². The molecule has 0 unspecified atom stereocenters. The Hall–Kier alpha value is -1.26. The molecule has 0 aliphatic carbocycles. The molecule has 13 heavy (non-hydrogen) atoms. The van der Waals surface area contributed by atoms with E-state index >= 15 is 0 Å². The molecule has 0 radical (unpaired) electrons. The third-order valence-electron chi connectivity index (χ3n) is 2.00. The van der Waals surface area contributed by atoms with E-state index in [1.54, 1.807) is 6.92 Å². The second kappa shape index (κ2) is 4.69. The van der Waals surface area contributed by atoms with Crippen molar-refractivity contribution in [3.8, 4) is 12.3 Å². The van der Waals surface area contributed by atoms with E-state index in [0.717, 1.165) is 24.0 Å². The topological polar surface area (TPSA) is 20.2 Å². The first-order valence-electron chi connectivity index (χ1n) is 4.46. The Labute approximate surface area is 79.4 Å². The fourth-order valence-electron chi connectivity index (χ4n) is 1.24. The zero-order valence-corrected chi connectivity index (χ0v) is 7.83. The molecule has 1 aromatic rings. The van der Waals surface area contributed by atoms with Gasteiger partial charge in [0.2, 0.25) is 0 Å². The molecule has 0 fully saturated rings. The molecule has 1 N–H and O–H groups in total. The van der Waals surface area contributed by atoms with Crippen LogP contribution < -0.4 is 0 Å². The highest BCUT2D eigenvalue weighted by Crippen LogP contribution is 2.10. The minimum atomic E-state index is -0.258. The van der Waals surface area contributed by atoms with Crippen LogP contribution in [-0.2, 0) is 6.42 Å². The summed E-state index contributed by atoms with van der Waals surface area (Å²) in [6.07, 6.45) is 6.69. The Morgan fingerprint density at radius 2 is 2.15 bits per heavy atom. The van der Waals surface area contributed by atoms with Crippen molar-refractivity contribution in [3.05, 3.63) is 35.4 Å². The minimum Gasteiger partial charge on any atom is -0.393 e. The van der Waals surface area contributed by atoms with Crippen molar-refractivity contribution < 1.29 is 5.11 Å². The Kier molecular flexibility index (Phi) is 3.54. The monoisotopic (exact) mass is 174 g/mol. The van der Waals surface area contributed by atoms with Crippen LogP contribution in [0.1, 0.15) is 24.5 Å². The van der Waals surface area contributed by atoms with Crippen molar-refractivity contribution in [1.82, 2.24) is 0 Å². The fraction of sp³-hybridized carbons (Fsp3) is 0.333. The van der Waals surface area contributed by atoms with Crippen LogP contribution in [0.5, 0.6) is 0 Å². The predicted octanol–water partition coefficient (Wildman–Crippen LogP) is 1.98. The van der Waals surface area contributed by atoms with Gasteiger partial charge in [-0.3, -0.25) is 0 Å². The van der Waals surface area contributed by atoms with Crippen molar-refractivity contribution in [3.63, 3.8) is 0 Å². The number of aryl methyl sites for hydroxylation is 1. The predicted molar refractivity (Wildman–Crippen MR) is 54.4 cm³/mol. The van der Waals surface area contributed by atoms with Gasteiger partial charge in [0.25, 0.3) is 0 Å². The summed E-state index contributed by atoms with van der Waals surface area (Å²) in [5.74, 6) is 2.64. The average molecular weight is 174 g/mol. The SMILES string of the molecule is C#Cc1ccccc1CC[C@@H](C)O. The number of hydrogen-bond donors (Lipinski definition) is 1. The van der Waals surface area contributed by atoms with Crippen LogP contribution in [0, 0.1) is 12.3 Å². The average Bonchev–Trinajstić information content (AvgIpc) is 2.15. The zero-order chi connectivity index (χ0) is 9.68. The Morgan fingerprint density at radius 3 is 2.77 bits per heavy atom. The lowest BCUT2D eigenvalue weighted by molar-refractivity contribution is 0.185. The van der Waals surface area contributed by atoms with Gasteiger partial charge in [0.15, 0.2) is 0 Å². The standard InChI is InChI=1S/C12H14O/c1-3-11-6-4-5-7-12(11)9-8-10(2)13/h1,4-7,10,13H,8-9H2,2H3/t10-/m1/s1. The van der Waals surface area contributed by atoms with Crippen LogP contribution in [-0.4, -0.2) is 11.2 Å². The fourth-order valence-corrected chi connectivity index (χ4v) is 1.24. The molecule has 68 valence electrons. The molecule has 0 aliphatic rings. The van der Waals surface area contributed by atoms with Crippen molar-refractivity contribution in [2.24, 2.45) is 0 Å². The van der Waals surface area contributed by atoms with Crippen LogP contribution in [0.4, 0.5) is 0 Å². The Balaban J connectivity index is 2.71. The van der Waals surface area contributed by atoms with Crippen molar-refractivity contribution in [1.29, 1.82) is 0 Å². The lowest BCUT2D eigenvalue weighted by Crippen LogP contribution is -2.02. The molecule has 0 saturated carbocycles. The van der Waals surface area contributed by atoms with Crippen LogP contribution in [0.15, 0.2) is 24.3 Å². The number of benzene rings is 1. The molecular formula is C12H14O. The van der Waals surface area contributed by atoms with Gasteiger partial charge in [-0.25, -0.2) is 0 Å². The first-order valence-corrected chi connectivity index (χ1v) is 4.46. The molecule has 0 heterocycles. The van der Waals surface area contributed by atoms with Gasteiger partial charge in [-0.05, 0) is 31.4 Å². The van der Waals surface area contributed by atoms with Crippen molar-refractivity contribution >= 4 is 0 Å². The maximum Gasteiger partial charge on any atom is 0.0515 e. The summed E-state index contributed by atoms with van der Waals surface area (Å²) in [4.78, 5) is 0. The normalized spacial score (nSPS) is 12.1. The van der Waals surface area contributed by atoms with Gasteiger partial charge < -0.3 is 5.11 Å². The molecule has 0 aromatic heterocycles. The minimum absolute atomic E-state index is 0.258. The first kappa shape index (κ1) is 9.83. The van der Waals surface area contributed by atoms with Gasteiger partial charge in [0.05, 0.1) is 6.10 Å². The molecule has 0 saturated heterocycles. The third-order valence-corrected chi connectivity index (χ3v) is 2.00. The maximum atomic E-state index is 9.13. The summed E-state index contributed by atoms with van der Waals surface area (Å²) >= 11 is 0. The molecule has 1 aromatic carbocycles. The van der Waals surface area contributed by atoms with E-state index in [2.05, 4.69) is 5.92 Å². The number of hydrogen-bond acceptors (Lipinski definition) is 1. The first-order chi connectivity index (χ1) is 6.24. The van der Waals surface area contributed by atoms with Crippen LogP contribution >= 0.6 is 0 Å². The molecule has 0 spiro atoms. The Bertz CT molecular complexity index is 307. The van der Waals surface area contributed by atoms with Crippen LogP contribution in [0.3, 0.4) is 0 Å². The van der Waals surface area contributed by atoms with E-state index in [1.165, 1.54) is 0 Å². The van der Waals surface area contributed by atoms with E-state index in [-0.39, 0.29) is 6.10 Å². The second-order valence-electron chi connectivity index (χ2n) is 3.19. The lowest BCUT2D eigenvalue weighted by atomic mass is 10.0.